The number of alkyl halides is 3. The van der Waals surface area contributed by atoms with Gasteiger partial charge in [-0.2, -0.15) is 0 Å². The van der Waals surface area contributed by atoms with E-state index < -0.39 is 12.6 Å². The summed E-state index contributed by atoms with van der Waals surface area (Å²) >= 11 is 1.11. The first-order valence-electron chi connectivity index (χ1n) is 4.62. The minimum Gasteiger partial charge on any atom is -0.434 e. The van der Waals surface area contributed by atoms with Gasteiger partial charge in [0.15, 0.2) is 11.9 Å². The van der Waals surface area contributed by atoms with Crippen molar-refractivity contribution in [2.45, 2.75) is 30.8 Å². The SMILES string of the molecule is COCc1cnc(SCCC(F)C(F)F)o1. The van der Waals surface area contributed by atoms with Crippen LogP contribution in [0.4, 0.5) is 13.2 Å². The van der Waals surface area contributed by atoms with Gasteiger partial charge < -0.3 is 9.15 Å². The number of rotatable bonds is 7. The maximum Gasteiger partial charge on any atom is 0.269 e. The van der Waals surface area contributed by atoms with Crippen molar-refractivity contribution >= 4 is 11.8 Å². The number of hydrogen-bond donors (Lipinski definition) is 0. The smallest absolute Gasteiger partial charge is 0.269 e. The fourth-order valence-electron chi connectivity index (χ4n) is 0.950. The highest BCUT2D eigenvalue weighted by Crippen LogP contribution is 2.21. The molecule has 0 fully saturated rings. The van der Waals surface area contributed by atoms with Gasteiger partial charge in [-0.25, -0.2) is 18.2 Å². The average Bonchev–Trinajstić information content (AvgIpc) is 2.66. The summed E-state index contributed by atoms with van der Waals surface area (Å²) in [6.45, 7) is 0.302. The molecular weight excluding hydrogens is 243 g/mol. The van der Waals surface area contributed by atoms with Gasteiger partial charge in [0.05, 0.1) is 6.20 Å². The molecule has 1 heterocycles. The zero-order valence-electron chi connectivity index (χ0n) is 8.66. The van der Waals surface area contributed by atoms with Crippen LogP contribution in [-0.4, -0.2) is 30.4 Å². The Labute approximate surface area is 95.4 Å². The van der Waals surface area contributed by atoms with Crippen molar-refractivity contribution in [3.8, 4) is 0 Å². The normalized spacial score (nSPS) is 13.3. The van der Waals surface area contributed by atoms with E-state index in [0.717, 1.165) is 11.8 Å². The van der Waals surface area contributed by atoms with Crippen molar-refractivity contribution in [2.75, 3.05) is 12.9 Å². The summed E-state index contributed by atoms with van der Waals surface area (Å²) in [5, 5.41) is 0.341. The highest BCUT2D eigenvalue weighted by atomic mass is 32.2. The fraction of sp³-hybridized carbons (Fsp3) is 0.667. The third-order valence-electron chi connectivity index (χ3n) is 1.71. The van der Waals surface area contributed by atoms with Gasteiger partial charge in [0, 0.05) is 12.9 Å². The van der Waals surface area contributed by atoms with Crippen LogP contribution in [0.3, 0.4) is 0 Å². The lowest BCUT2D eigenvalue weighted by molar-refractivity contribution is 0.0487. The Hall–Kier alpha value is -0.690. The first-order valence-corrected chi connectivity index (χ1v) is 5.60. The van der Waals surface area contributed by atoms with E-state index in [1.165, 1.54) is 13.3 Å². The minimum absolute atomic E-state index is 0.207. The van der Waals surface area contributed by atoms with Crippen LogP contribution in [0.1, 0.15) is 12.2 Å². The molecule has 1 unspecified atom stereocenters. The Kier molecular flexibility index (Phi) is 5.68. The number of methoxy groups -OCH3 is 1. The predicted molar refractivity (Wildman–Crippen MR) is 53.5 cm³/mol. The van der Waals surface area contributed by atoms with Crippen LogP contribution in [0.2, 0.25) is 0 Å². The van der Waals surface area contributed by atoms with Gasteiger partial charge in [-0.15, -0.1) is 0 Å². The van der Waals surface area contributed by atoms with E-state index >= 15 is 0 Å². The molecule has 0 spiro atoms. The van der Waals surface area contributed by atoms with E-state index in [0.29, 0.717) is 17.6 Å². The third kappa shape index (κ3) is 4.44. The van der Waals surface area contributed by atoms with Gasteiger partial charge in [-0.05, 0) is 6.42 Å². The number of hydrogen-bond acceptors (Lipinski definition) is 4. The Balaban J connectivity index is 2.26. The molecule has 0 aliphatic carbocycles. The maximum atomic E-state index is 12.5. The Morgan fingerprint density at radius 2 is 2.25 bits per heavy atom. The minimum atomic E-state index is -2.92. The lowest BCUT2D eigenvalue weighted by Crippen LogP contribution is -2.12. The van der Waals surface area contributed by atoms with Crippen LogP contribution in [0.15, 0.2) is 15.8 Å². The number of aromatic nitrogens is 1. The van der Waals surface area contributed by atoms with E-state index in [4.69, 9.17) is 9.15 Å². The molecule has 0 amide bonds. The van der Waals surface area contributed by atoms with E-state index in [2.05, 4.69) is 4.98 Å². The molecule has 0 aliphatic rings. The lowest BCUT2D eigenvalue weighted by Gasteiger charge is -2.04. The highest BCUT2D eigenvalue weighted by Gasteiger charge is 2.18. The molecule has 7 heteroatoms. The lowest BCUT2D eigenvalue weighted by atomic mass is 10.3. The van der Waals surface area contributed by atoms with Gasteiger partial charge in [-0.3, -0.25) is 0 Å². The second-order valence-electron chi connectivity index (χ2n) is 3.01. The highest BCUT2D eigenvalue weighted by molar-refractivity contribution is 7.99. The van der Waals surface area contributed by atoms with Crippen molar-refractivity contribution in [3.05, 3.63) is 12.0 Å². The topological polar surface area (TPSA) is 35.3 Å². The van der Waals surface area contributed by atoms with Crippen LogP contribution < -0.4 is 0 Å². The molecule has 1 aromatic heterocycles. The molecule has 0 aliphatic heterocycles. The number of nitrogens with zero attached hydrogens (tertiary/aromatic N) is 1. The quantitative estimate of drug-likeness (QED) is 0.702. The number of halogens is 3. The van der Waals surface area contributed by atoms with Gasteiger partial charge in [-0.1, -0.05) is 11.8 Å². The van der Waals surface area contributed by atoms with Crippen molar-refractivity contribution in [1.29, 1.82) is 0 Å². The first-order chi connectivity index (χ1) is 7.63. The zero-order chi connectivity index (χ0) is 12.0. The maximum absolute atomic E-state index is 12.5. The van der Waals surface area contributed by atoms with Crippen molar-refractivity contribution in [2.24, 2.45) is 0 Å². The van der Waals surface area contributed by atoms with E-state index in [-0.39, 0.29) is 12.2 Å². The molecular formula is C9H12F3NO2S. The molecule has 1 rings (SSSR count). The molecule has 92 valence electrons. The Bertz CT molecular complexity index is 309. The zero-order valence-corrected chi connectivity index (χ0v) is 9.48. The molecule has 0 N–H and O–H groups in total. The van der Waals surface area contributed by atoms with E-state index in [1.807, 2.05) is 0 Å². The molecule has 16 heavy (non-hydrogen) atoms. The molecule has 1 atom stereocenters. The molecule has 3 nitrogen and oxygen atoms in total. The number of ether oxygens (including phenoxy) is 1. The monoisotopic (exact) mass is 255 g/mol. The largest absolute Gasteiger partial charge is 0.434 e. The van der Waals surface area contributed by atoms with Gasteiger partial charge in [0.25, 0.3) is 11.6 Å². The summed E-state index contributed by atoms with van der Waals surface area (Å²) in [4.78, 5) is 3.88. The summed E-state index contributed by atoms with van der Waals surface area (Å²) in [6.07, 6.45) is -3.73. The molecule has 0 radical (unpaired) electrons. The van der Waals surface area contributed by atoms with Crippen LogP contribution in [0.25, 0.3) is 0 Å². The van der Waals surface area contributed by atoms with Crippen molar-refractivity contribution in [3.63, 3.8) is 0 Å². The number of oxazole rings is 1. The molecule has 0 saturated carbocycles. The van der Waals surface area contributed by atoms with Crippen molar-refractivity contribution in [1.82, 2.24) is 4.98 Å². The molecule has 0 bridgehead atoms. The van der Waals surface area contributed by atoms with Crippen LogP contribution in [0.5, 0.6) is 0 Å². The Morgan fingerprint density at radius 1 is 1.50 bits per heavy atom. The van der Waals surface area contributed by atoms with E-state index in [1.54, 1.807) is 0 Å². The molecule has 0 aromatic carbocycles. The fourth-order valence-corrected chi connectivity index (χ4v) is 1.76. The predicted octanol–water partition coefficient (Wildman–Crippen LogP) is 2.91. The van der Waals surface area contributed by atoms with Crippen LogP contribution in [-0.2, 0) is 11.3 Å². The van der Waals surface area contributed by atoms with Gasteiger partial charge in [0.2, 0.25) is 0 Å². The van der Waals surface area contributed by atoms with Crippen LogP contribution in [0, 0.1) is 0 Å². The summed E-state index contributed by atoms with van der Waals surface area (Å²) < 4.78 is 46.2. The van der Waals surface area contributed by atoms with Crippen LogP contribution >= 0.6 is 11.8 Å². The summed E-state index contributed by atoms with van der Waals surface area (Å²) in [7, 11) is 1.52. The molecule has 0 saturated heterocycles. The number of thioether (sulfide) groups is 1. The van der Waals surface area contributed by atoms with E-state index in [9.17, 15) is 13.2 Å². The van der Waals surface area contributed by atoms with Gasteiger partial charge in [0.1, 0.15) is 6.61 Å². The first kappa shape index (κ1) is 13.4. The summed E-state index contributed by atoms with van der Waals surface area (Å²) in [5.74, 6) is 0.758. The Morgan fingerprint density at radius 3 is 2.88 bits per heavy atom. The van der Waals surface area contributed by atoms with Gasteiger partial charge >= 0.3 is 0 Å². The second kappa shape index (κ2) is 6.80. The average molecular weight is 255 g/mol. The molecule has 1 aromatic rings. The summed E-state index contributed by atoms with van der Waals surface area (Å²) in [6, 6.07) is 0. The second-order valence-corrected chi connectivity index (χ2v) is 4.06. The summed E-state index contributed by atoms with van der Waals surface area (Å²) in [5.41, 5.74) is 0. The standard InChI is InChI=1S/C9H12F3NO2S/c1-14-5-6-4-13-9(15-6)16-3-2-7(10)8(11)12/h4,7-8H,2-3,5H2,1H3. The third-order valence-corrected chi connectivity index (χ3v) is 2.59. The van der Waals surface area contributed by atoms with Crippen molar-refractivity contribution < 1.29 is 22.3 Å².